The molecule has 0 atom stereocenters. The Balaban J connectivity index is 0. The zero-order chi connectivity index (χ0) is 12.2. The minimum Gasteiger partial charge on any atom is -1.00 e. The number of rotatable bonds is 0. The fraction of sp³-hybridized carbons (Fsp3) is 0. The standard InChI is InChI=1S/2C9H7.2ClH.Hf.Si/c2*1-2-5-9-7-3-6-8(9)4-1;;;;/h2*1-7H;2*1H;;/q2*-1;;;+4;/p-2. The number of hydrogen-bond acceptors (Lipinski definition) is 0. The van der Waals surface area contributed by atoms with Crippen LogP contribution in [0.4, 0.5) is 0 Å². The van der Waals surface area contributed by atoms with Gasteiger partial charge in [-0.2, -0.15) is 35.0 Å². The molecule has 0 aliphatic rings. The molecule has 4 aromatic carbocycles. The van der Waals surface area contributed by atoms with Gasteiger partial charge in [-0.1, -0.05) is 12.1 Å². The molecule has 0 aliphatic heterocycles. The minimum absolute atomic E-state index is 0. The van der Waals surface area contributed by atoms with Crippen LogP contribution < -0.4 is 24.8 Å². The van der Waals surface area contributed by atoms with Gasteiger partial charge in [0.15, 0.2) is 0 Å². The molecule has 108 valence electrons. The van der Waals surface area contributed by atoms with E-state index in [4.69, 9.17) is 0 Å². The Labute approximate surface area is 167 Å². The SMILES string of the molecule is [Cl-].[Cl-].[Hf+4].[Si].c1ccc2[cH-]ccc2c1.c1ccc2[cH-]ccc2c1. The molecule has 4 heteroatoms. The first-order chi connectivity index (χ1) is 8.93. The smallest absolute Gasteiger partial charge is 1.00 e. The van der Waals surface area contributed by atoms with E-state index in [1.54, 1.807) is 0 Å². The second-order valence-corrected chi connectivity index (χ2v) is 4.31. The quantitative estimate of drug-likeness (QED) is 0.206. The molecule has 0 N–H and O–H groups in total. The maximum atomic E-state index is 2.12. The van der Waals surface area contributed by atoms with Crippen LogP contribution in [0.5, 0.6) is 0 Å². The van der Waals surface area contributed by atoms with Crippen molar-refractivity contribution in [1.29, 1.82) is 0 Å². The van der Waals surface area contributed by atoms with Crippen molar-refractivity contribution in [3.8, 4) is 0 Å². The Hall–Kier alpha value is -0.673. The van der Waals surface area contributed by atoms with Gasteiger partial charge in [0.25, 0.3) is 0 Å². The van der Waals surface area contributed by atoms with Crippen LogP contribution in [0.1, 0.15) is 0 Å². The van der Waals surface area contributed by atoms with Gasteiger partial charge in [0, 0.05) is 11.0 Å². The van der Waals surface area contributed by atoms with Crippen LogP contribution in [0.25, 0.3) is 21.5 Å². The first-order valence-electron chi connectivity index (χ1n) is 6.14. The predicted molar refractivity (Wildman–Crippen MR) is 84.8 cm³/mol. The van der Waals surface area contributed by atoms with Crippen LogP contribution in [0, 0.1) is 0 Å². The normalized spacial score (nSPS) is 8.36. The van der Waals surface area contributed by atoms with E-state index in [1.165, 1.54) is 21.5 Å². The molecule has 0 saturated heterocycles. The molecule has 0 amide bonds. The van der Waals surface area contributed by atoms with Crippen molar-refractivity contribution in [2.75, 3.05) is 0 Å². The van der Waals surface area contributed by atoms with Crippen molar-refractivity contribution >= 4 is 32.5 Å². The molecule has 0 bridgehead atoms. The van der Waals surface area contributed by atoms with E-state index in [9.17, 15) is 0 Å². The average molecular weight is 508 g/mol. The summed E-state index contributed by atoms with van der Waals surface area (Å²) in [6, 6.07) is 29.3. The molecule has 0 unspecified atom stereocenters. The van der Waals surface area contributed by atoms with Gasteiger partial charge in [0.2, 0.25) is 0 Å². The summed E-state index contributed by atoms with van der Waals surface area (Å²) in [7, 11) is 0. The molecule has 4 aromatic rings. The van der Waals surface area contributed by atoms with Crippen molar-refractivity contribution in [1.82, 2.24) is 0 Å². The zero-order valence-electron chi connectivity index (χ0n) is 11.8. The van der Waals surface area contributed by atoms with Crippen molar-refractivity contribution in [2.45, 2.75) is 0 Å². The Kier molecular flexibility index (Phi) is 12.7. The van der Waals surface area contributed by atoms with Crippen molar-refractivity contribution in [3.63, 3.8) is 0 Å². The average Bonchev–Trinajstić information content (AvgIpc) is 3.08. The number of benzene rings is 2. The van der Waals surface area contributed by atoms with Crippen LogP contribution in [-0.4, -0.2) is 11.0 Å². The summed E-state index contributed by atoms with van der Waals surface area (Å²) < 4.78 is 0. The summed E-state index contributed by atoms with van der Waals surface area (Å²) >= 11 is 0. The largest absolute Gasteiger partial charge is 4.00 e. The second-order valence-electron chi connectivity index (χ2n) is 4.31. The van der Waals surface area contributed by atoms with Gasteiger partial charge in [-0.15, -0.1) is 59.3 Å². The Morgan fingerprint density at radius 3 is 1.27 bits per heavy atom. The second kappa shape index (κ2) is 11.8. The zero-order valence-corrected chi connectivity index (χ0v) is 17.9. The Morgan fingerprint density at radius 1 is 0.545 bits per heavy atom. The maximum Gasteiger partial charge on any atom is 4.00 e. The summed E-state index contributed by atoms with van der Waals surface area (Å²) in [5.41, 5.74) is 0. The summed E-state index contributed by atoms with van der Waals surface area (Å²) in [5.74, 6) is 0. The van der Waals surface area contributed by atoms with Crippen LogP contribution in [0.2, 0.25) is 0 Å². The van der Waals surface area contributed by atoms with E-state index in [1.807, 2.05) is 0 Å². The Bertz CT molecular complexity index is 635. The van der Waals surface area contributed by atoms with E-state index in [0.29, 0.717) is 0 Å². The van der Waals surface area contributed by atoms with Gasteiger partial charge in [-0.05, 0) is 0 Å². The van der Waals surface area contributed by atoms with Crippen molar-refractivity contribution in [3.05, 3.63) is 84.9 Å². The van der Waals surface area contributed by atoms with E-state index in [-0.39, 0.29) is 61.6 Å². The van der Waals surface area contributed by atoms with E-state index in [2.05, 4.69) is 84.9 Å². The van der Waals surface area contributed by atoms with Gasteiger partial charge in [-0.3, -0.25) is 0 Å². The van der Waals surface area contributed by atoms with E-state index >= 15 is 0 Å². The topological polar surface area (TPSA) is 0 Å². The molecule has 4 radical (unpaired) electrons. The van der Waals surface area contributed by atoms with Gasteiger partial charge in [-0.25, -0.2) is 0 Å². The fourth-order valence-electron chi connectivity index (χ4n) is 2.14. The van der Waals surface area contributed by atoms with Crippen LogP contribution in [0.3, 0.4) is 0 Å². The molecule has 4 rings (SSSR count). The van der Waals surface area contributed by atoms with Crippen LogP contribution in [0.15, 0.2) is 84.9 Å². The Morgan fingerprint density at radius 2 is 0.909 bits per heavy atom. The van der Waals surface area contributed by atoms with Crippen LogP contribution >= 0.6 is 0 Å². The van der Waals surface area contributed by atoms with Gasteiger partial charge < -0.3 is 24.8 Å². The minimum atomic E-state index is 0. The maximum absolute atomic E-state index is 2.12. The molecule has 0 nitrogen and oxygen atoms in total. The third kappa shape index (κ3) is 5.84. The fourth-order valence-corrected chi connectivity index (χ4v) is 2.14. The molecule has 0 fully saturated rings. The van der Waals surface area contributed by atoms with Crippen molar-refractivity contribution < 1.29 is 50.7 Å². The number of halogens is 2. The third-order valence-corrected chi connectivity index (χ3v) is 3.10. The van der Waals surface area contributed by atoms with Crippen molar-refractivity contribution in [2.24, 2.45) is 0 Å². The summed E-state index contributed by atoms with van der Waals surface area (Å²) in [6.07, 6.45) is 0. The molecular formula is C18H14Cl2HfSi. The molecule has 0 aromatic heterocycles. The van der Waals surface area contributed by atoms with E-state index < -0.39 is 0 Å². The van der Waals surface area contributed by atoms with Crippen LogP contribution in [-0.2, 0) is 25.8 Å². The van der Waals surface area contributed by atoms with Gasteiger partial charge in [0.1, 0.15) is 0 Å². The number of hydrogen-bond donors (Lipinski definition) is 0. The molecule has 0 aliphatic carbocycles. The first kappa shape index (κ1) is 23.6. The summed E-state index contributed by atoms with van der Waals surface area (Å²) in [6.45, 7) is 0. The monoisotopic (exact) mass is 508 g/mol. The predicted octanol–water partition coefficient (Wildman–Crippen LogP) is -1.26. The molecule has 0 spiro atoms. The molecule has 22 heavy (non-hydrogen) atoms. The summed E-state index contributed by atoms with van der Waals surface area (Å²) in [5, 5.41) is 5.32. The van der Waals surface area contributed by atoms with Gasteiger partial charge in [0.05, 0.1) is 0 Å². The summed E-state index contributed by atoms with van der Waals surface area (Å²) in [4.78, 5) is 0. The van der Waals surface area contributed by atoms with Gasteiger partial charge >= 0.3 is 25.8 Å². The molecular weight excluding hydrogens is 494 g/mol. The third-order valence-electron chi connectivity index (χ3n) is 3.10. The molecule has 0 saturated carbocycles. The molecule has 0 heterocycles. The first-order valence-corrected chi connectivity index (χ1v) is 6.14. The number of fused-ring (bicyclic) bond motifs is 2. The van der Waals surface area contributed by atoms with E-state index in [0.717, 1.165) is 0 Å².